The summed E-state index contributed by atoms with van der Waals surface area (Å²) in [6, 6.07) is 13.0. The van der Waals surface area contributed by atoms with Crippen molar-refractivity contribution in [2.75, 3.05) is 13.1 Å². The van der Waals surface area contributed by atoms with E-state index in [1.165, 1.54) is 19.3 Å². The Bertz CT molecular complexity index is 963. The lowest BCUT2D eigenvalue weighted by Crippen LogP contribution is -2.30. The molecule has 0 aliphatic heterocycles. The van der Waals surface area contributed by atoms with Gasteiger partial charge in [-0.1, -0.05) is 37.5 Å². The van der Waals surface area contributed by atoms with Crippen LogP contribution in [-0.4, -0.2) is 30.0 Å². The summed E-state index contributed by atoms with van der Waals surface area (Å²) in [5, 5.41) is 16.3. The van der Waals surface area contributed by atoms with Crippen molar-refractivity contribution >= 4 is 11.8 Å². The van der Waals surface area contributed by atoms with Crippen LogP contribution in [-0.2, 0) is 22.4 Å². The molecular weight excluding hydrogens is 428 g/mol. The highest BCUT2D eigenvalue weighted by atomic mass is 16.5. The van der Waals surface area contributed by atoms with Gasteiger partial charge in [0.1, 0.15) is 5.75 Å². The van der Waals surface area contributed by atoms with E-state index in [0.717, 1.165) is 43.2 Å². The predicted octanol–water partition coefficient (Wildman–Crippen LogP) is 4.88. The number of hydrogen-bond acceptors (Lipinski definition) is 4. The zero-order valence-electron chi connectivity index (χ0n) is 19.9. The fourth-order valence-corrected chi connectivity index (χ4v) is 4.69. The molecule has 2 amide bonds. The number of nitrogens with one attached hydrogen (secondary N) is 2. The molecule has 6 heteroatoms. The smallest absolute Gasteiger partial charge is 0.223 e. The molecule has 2 aromatic rings. The summed E-state index contributed by atoms with van der Waals surface area (Å²) in [5.74, 6) is 2.19. The molecule has 2 saturated carbocycles. The van der Waals surface area contributed by atoms with Gasteiger partial charge in [-0.3, -0.25) is 9.59 Å². The summed E-state index contributed by atoms with van der Waals surface area (Å²) in [5.41, 5.74) is 2.11. The van der Waals surface area contributed by atoms with Crippen LogP contribution in [0, 0.1) is 11.8 Å². The minimum absolute atomic E-state index is 0.0801. The van der Waals surface area contributed by atoms with Crippen molar-refractivity contribution in [3.8, 4) is 17.2 Å². The summed E-state index contributed by atoms with van der Waals surface area (Å²) in [7, 11) is 0. The predicted molar refractivity (Wildman–Crippen MR) is 132 cm³/mol. The Morgan fingerprint density at radius 2 is 1.53 bits per heavy atom. The van der Waals surface area contributed by atoms with Crippen molar-refractivity contribution in [3.05, 3.63) is 53.6 Å². The van der Waals surface area contributed by atoms with Crippen LogP contribution < -0.4 is 15.4 Å². The molecule has 2 aliphatic carbocycles. The van der Waals surface area contributed by atoms with Crippen LogP contribution in [0.4, 0.5) is 0 Å². The van der Waals surface area contributed by atoms with E-state index in [4.69, 9.17) is 4.74 Å². The molecule has 0 aromatic heterocycles. The van der Waals surface area contributed by atoms with Crippen molar-refractivity contribution in [1.82, 2.24) is 10.6 Å². The van der Waals surface area contributed by atoms with Crippen molar-refractivity contribution < 1.29 is 19.4 Å². The summed E-state index contributed by atoms with van der Waals surface area (Å²) >= 11 is 0. The second-order valence-electron chi connectivity index (χ2n) is 9.67. The third-order valence-electron chi connectivity index (χ3n) is 7.05. The third-order valence-corrected chi connectivity index (χ3v) is 7.05. The summed E-state index contributed by atoms with van der Waals surface area (Å²) in [4.78, 5) is 24.1. The minimum atomic E-state index is 0.0801. The lowest BCUT2D eigenvalue weighted by atomic mass is 9.83. The second-order valence-corrected chi connectivity index (χ2v) is 9.67. The van der Waals surface area contributed by atoms with E-state index in [-0.39, 0.29) is 23.5 Å². The van der Waals surface area contributed by atoms with Crippen LogP contribution in [0.25, 0.3) is 0 Å². The number of carbonyl (C=O) groups is 2. The van der Waals surface area contributed by atoms with Crippen molar-refractivity contribution in [3.63, 3.8) is 0 Å². The highest BCUT2D eigenvalue weighted by Crippen LogP contribution is 2.32. The molecule has 4 rings (SSSR count). The van der Waals surface area contributed by atoms with E-state index in [1.54, 1.807) is 6.07 Å². The maximum Gasteiger partial charge on any atom is 0.223 e. The zero-order valence-corrected chi connectivity index (χ0v) is 19.9. The van der Waals surface area contributed by atoms with E-state index in [0.29, 0.717) is 43.3 Å². The highest BCUT2D eigenvalue weighted by Gasteiger charge is 2.22. The first-order chi connectivity index (χ1) is 16.6. The standard InChI is InChI=1S/C28H36N2O4/c31-25-13-10-22(15-16-29-27(32)19-21-4-3-5-21)18-26(25)34-24-11-8-20(9-12-24)14-17-30-28(33)23-6-1-2-7-23/h8-13,18,21,23,31H,1-7,14-17,19H2,(H,29,32)(H,30,33). The normalized spacial score (nSPS) is 16.1. The molecule has 6 nitrogen and oxygen atoms in total. The van der Waals surface area contributed by atoms with E-state index >= 15 is 0 Å². The fourth-order valence-electron chi connectivity index (χ4n) is 4.69. The van der Waals surface area contributed by atoms with Crippen molar-refractivity contribution in [2.24, 2.45) is 11.8 Å². The van der Waals surface area contributed by atoms with Gasteiger partial charge in [-0.2, -0.15) is 0 Å². The zero-order chi connectivity index (χ0) is 23.8. The number of rotatable bonds is 11. The molecule has 0 saturated heterocycles. The first-order valence-electron chi connectivity index (χ1n) is 12.7. The molecule has 2 aliphatic rings. The lowest BCUT2D eigenvalue weighted by Gasteiger charge is -2.24. The monoisotopic (exact) mass is 464 g/mol. The number of amides is 2. The van der Waals surface area contributed by atoms with Gasteiger partial charge in [-0.05, 0) is 79.8 Å². The van der Waals surface area contributed by atoms with Crippen LogP contribution >= 0.6 is 0 Å². The third kappa shape index (κ3) is 6.99. The fraction of sp³-hybridized carbons (Fsp3) is 0.500. The molecule has 3 N–H and O–H groups in total. The van der Waals surface area contributed by atoms with Crippen molar-refractivity contribution in [1.29, 1.82) is 0 Å². The SMILES string of the molecule is O=C(CC1CCC1)NCCc1ccc(O)c(Oc2ccc(CCNC(=O)C3CCCC3)cc2)c1. The van der Waals surface area contributed by atoms with Gasteiger partial charge in [-0.25, -0.2) is 0 Å². The topological polar surface area (TPSA) is 87.7 Å². The van der Waals surface area contributed by atoms with Gasteiger partial charge in [0.2, 0.25) is 11.8 Å². The number of hydrogen-bond donors (Lipinski definition) is 3. The van der Waals surface area contributed by atoms with E-state index in [9.17, 15) is 14.7 Å². The molecule has 34 heavy (non-hydrogen) atoms. The molecule has 0 spiro atoms. The quantitative estimate of drug-likeness (QED) is 0.442. The van der Waals surface area contributed by atoms with Gasteiger partial charge in [0.15, 0.2) is 11.5 Å². The number of carbonyl (C=O) groups excluding carboxylic acids is 2. The first-order valence-corrected chi connectivity index (χ1v) is 12.7. The van der Waals surface area contributed by atoms with Gasteiger partial charge in [0.05, 0.1) is 0 Å². The Morgan fingerprint density at radius 3 is 2.24 bits per heavy atom. The molecular formula is C28H36N2O4. The Morgan fingerprint density at radius 1 is 0.853 bits per heavy atom. The van der Waals surface area contributed by atoms with Gasteiger partial charge in [0, 0.05) is 25.4 Å². The molecule has 2 fully saturated rings. The summed E-state index contributed by atoms with van der Waals surface area (Å²) in [6.07, 6.45) is 10.0. The van der Waals surface area contributed by atoms with Gasteiger partial charge < -0.3 is 20.5 Å². The number of phenols is 1. The number of phenolic OH excluding ortho intramolecular Hbond substituents is 1. The Labute approximate surface area is 202 Å². The average molecular weight is 465 g/mol. The second kappa shape index (κ2) is 11.9. The molecule has 0 bridgehead atoms. The van der Waals surface area contributed by atoms with Crippen LogP contribution in [0.5, 0.6) is 17.2 Å². The van der Waals surface area contributed by atoms with Crippen LogP contribution in [0.15, 0.2) is 42.5 Å². The Balaban J connectivity index is 1.22. The van der Waals surface area contributed by atoms with Gasteiger partial charge in [0.25, 0.3) is 0 Å². The molecule has 0 unspecified atom stereocenters. The van der Waals surface area contributed by atoms with Gasteiger partial charge in [-0.15, -0.1) is 0 Å². The minimum Gasteiger partial charge on any atom is -0.504 e. The summed E-state index contributed by atoms with van der Waals surface area (Å²) in [6.45, 7) is 1.21. The maximum atomic E-state index is 12.1. The van der Waals surface area contributed by atoms with E-state index < -0.39 is 0 Å². The molecule has 0 radical (unpaired) electrons. The molecule has 0 heterocycles. The number of aromatic hydroxyl groups is 1. The number of benzene rings is 2. The van der Waals surface area contributed by atoms with E-state index in [2.05, 4.69) is 10.6 Å². The van der Waals surface area contributed by atoms with Crippen LogP contribution in [0.2, 0.25) is 0 Å². The van der Waals surface area contributed by atoms with Crippen LogP contribution in [0.1, 0.15) is 62.5 Å². The largest absolute Gasteiger partial charge is 0.504 e. The lowest BCUT2D eigenvalue weighted by molar-refractivity contribution is -0.125. The van der Waals surface area contributed by atoms with Crippen LogP contribution in [0.3, 0.4) is 0 Å². The van der Waals surface area contributed by atoms with Crippen molar-refractivity contribution in [2.45, 2.75) is 64.2 Å². The average Bonchev–Trinajstić information content (AvgIpc) is 3.35. The maximum absolute atomic E-state index is 12.1. The molecule has 0 atom stereocenters. The first kappa shape index (κ1) is 24.1. The van der Waals surface area contributed by atoms with Gasteiger partial charge >= 0.3 is 0 Å². The number of ether oxygens (including phenoxy) is 1. The molecule has 182 valence electrons. The molecule has 2 aromatic carbocycles. The summed E-state index contributed by atoms with van der Waals surface area (Å²) < 4.78 is 5.91. The Hall–Kier alpha value is -3.02. The Kier molecular flexibility index (Phi) is 8.45. The highest BCUT2D eigenvalue weighted by molar-refractivity contribution is 5.78. The van der Waals surface area contributed by atoms with E-state index in [1.807, 2.05) is 36.4 Å².